The minimum absolute atomic E-state index is 0. The first-order valence-corrected chi connectivity index (χ1v) is 23.7. The van der Waals surface area contributed by atoms with Crippen LogP contribution in [0, 0.1) is 25.7 Å². The minimum atomic E-state index is -6.00. The predicted octanol–water partition coefficient (Wildman–Crippen LogP) is 18.1. The van der Waals surface area contributed by atoms with Crippen molar-refractivity contribution in [2.75, 3.05) is 12.3 Å². The molecule has 0 bridgehead atoms. The summed E-state index contributed by atoms with van der Waals surface area (Å²) in [7, 11) is -24.2. The van der Waals surface area contributed by atoms with Gasteiger partial charge in [-0.3, -0.25) is 0 Å². The molecule has 3 aliphatic rings. The SMILES string of the molecule is F[B-](F)(F)F.F[B-](F)(F)F.F[B-](F)(F)F.F[B-](F)(F)F.[CH]1[CH]CC[CH][CH]CC1.[Rh].c1ccc([C@@H]2CC[C@@H](c3ccccc3)P2CCP2[C@H](c3ccccc3)CC[C@H]2c2ccccc2)cc1. The van der Waals surface area contributed by atoms with Crippen molar-refractivity contribution in [2.24, 2.45) is 0 Å². The van der Waals surface area contributed by atoms with Gasteiger partial charge in [0.2, 0.25) is 0 Å². The van der Waals surface area contributed by atoms with Crippen molar-refractivity contribution in [3.8, 4) is 0 Å². The summed E-state index contributed by atoms with van der Waals surface area (Å²) in [5, 5.41) is 0. The molecule has 0 N–H and O–H groups in total. The van der Waals surface area contributed by atoms with Crippen LogP contribution in [0.3, 0.4) is 0 Å². The first-order chi connectivity index (χ1) is 29.9. The number of benzene rings is 4. The van der Waals surface area contributed by atoms with Crippen molar-refractivity contribution in [3.05, 3.63) is 169 Å². The molecule has 4 aromatic carbocycles. The number of hydrogen-bond donors (Lipinski definition) is 0. The maximum absolute atomic E-state index is 9.75. The average molecular weight is 1060 g/mol. The molecule has 2 aliphatic heterocycles. The second-order valence-corrected chi connectivity index (χ2v) is 19.9. The van der Waals surface area contributed by atoms with E-state index in [1.807, 2.05) is 0 Å². The smallest absolute Gasteiger partial charge is 0.418 e. The Morgan fingerprint density at radius 2 is 0.462 bits per heavy atom. The van der Waals surface area contributed by atoms with Gasteiger partial charge in [0.25, 0.3) is 0 Å². The van der Waals surface area contributed by atoms with Gasteiger partial charge in [-0.15, -0.1) is 0 Å². The summed E-state index contributed by atoms with van der Waals surface area (Å²) in [4.78, 5) is 0. The molecule has 7 rings (SSSR count). The van der Waals surface area contributed by atoms with E-state index < -0.39 is 29.0 Å². The van der Waals surface area contributed by atoms with Crippen molar-refractivity contribution < 1.29 is 88.5 Å². The van der Waals surface area contributed by atoms with Gasteiger partial charge in [0.15, 0.2) is 0 Å². The molecule has 65 heavy (non-hydrogen) atoms. The Morgan fingerprint density at radius 3 is 0.615 bits per heavy atom. The fourth-order valence-corrected chi connectivity index (χ4v) is 15.7. The van der Waals surface area contributed by atoms with Crippen molar-refractivity contribution >= 4 is 44.9 Å². The maximum Gasteiger partial charge on any atom is 0.673 e. The summed E-state index contributed by atoms with van der Waals surface area (Å²) in [5.74, 6) is 0. The van der Waals surface area contributed by atoms with Gasteiger partial charge in [-0.2, -0.15) is 0 Å². The van der Waals surface area contributed by atoms with Crippen LogP contribution >= 0.6 is 15.8 Å². The van der Waals surface area contributed by atoms with Crippen LogP contribution in [0.4, 0.5) is 69.1 Å². The zero-order valence-electron chi connectivity index (χ0n) is 34.8. The number of rotatable bonds is 7. The minimum Gasteiger partial charge on any atom is -0.418 e. The van der Waals surface area contributed by atoms with Crippen LogP contribution in [0.1, 0.15) is 96.3 Å². The number of halogens is 16. The Kier molecular flexibility index (Phi) is 28.7. The molecule has 1 aliphatic carbocycles. The largest absolute Gasteiger partial charge is 0.673 e. The third-order valence-electron chi connectivity index (χ3n) is 9.72. The van der Waals surface area contributed by atoms with Crippen LogP contribution in [0.2, 0.25) is 0 Å². The third kappa shape index (κ3) is 30.5. The summed E-state index contributed by atoms with van der Waals surface area (Å²) in [6, 6.07) is 45.8. The van der Waals surface area contributed by atoms with E-state index >= 15 is 0 Å². The van der Waals surface area contributed by atoms with Gasteiger partial charge in [0.05, 0.1) is 0 Å². The molecule has 0 amide bonds. The molecule has 0 unspecified atom stereocenters. The summed E-state index contributed by atoms with van der Waals surface area (Å²) >= 11 is 0. The molecule has 5 radical (unpaired) electrons. The van der Waals surface area contributed by atoms with Crippen LogP contribution in [-0.2, 0) is 19.5 Å². The fraction of sp³-hybridized carbons (Fsp3) is 0.333. The standard InChI is InChI=1S/C34H36P2.C8H12.4BF4.Rh/c1-5-13-27(14-6-1)31-21-22-32(28-15-7-2-8-16-28)35(31)25-26-36-33(29-17-9-3-10-18-29)23-24-34(36)30-19-11-4-12-20-30;1-2-4-6-8-7-5-3-1;4*2-1(3,4)5;/h1-20,31-34H,21-26H2;1-2,7-8H,3-6H2;;;;;/q;;4*-1;/t31-,32-,33-,34-;;;;;;/m0....../s1. The van der Waals surface area contributed by atoms with Gasteiger partial charge in [0, 0.05) is 42.1 Å². The van der Waals surface area contributed by atoms with E-state index in [4.69, 9.17) is 0 Å². The molecular weight excluding hydrogens is 1020 g/mol. The van der Waals surface area contributed by atoms with Crippen LogP contribution in [0.15, 0.2) is 121 Å². The van der Waals surface area contributed by atoms with Crippen LogP contribution in [0.25, 0.3) is 0 Å². The maximum atomic E-state index is 9.75. The van der Waals surface area contributed by atoms with Gasteiger partial charge >= 0.3 is 29.0 Å². The molecule has 4 aromatic rings. The molecule has 3 fully saturated rings. The molecule has 363 valence electrons. The zero-order chi connectivity index (χ0) is 47.8. The first-order valence-electron chi connectivity index (χ1n) is 20.4. The molecule has 2 heterocycles. The van der Waals surface area contributed by atoms with E-state index in [0.29, 0.717) is 0 Å². The summed E-state index contributed by atoms with van der Waals surface area (Å²) in [6.07, 6.45) is 22.2. The van der Waals surface area contributed by atoms with Crippen molar-refractivity contribution in [1.82, 2.24) is 0 Å². The Balaban J connectivity index is 0.000000592. The molecular formula is C42H48B4F16P2Rh-4. The van der Waals surface area contributed by atoms with Crippen molar-refractivity contribution in [1.29, 1.82) is 0 Å². The van der Waals surface area contributed by atoms with Crippen LogP contribution in [0.5, 0.6) is 0 Å². The van der Waals surface area contributed by atoms with Crippen LogP contribution in [-0.4, -0.2) is 41.3 Å². The number of hydrogen-bond acceptors (Lipinski definition) is 0. The summed E-state index contributed by atoms with van der Waals surface area (Å²) in [5.41, 5.74) is 9.31. The zero-order valence-corrected chi connectivity index (χ0v) is 38.2. The Morgan fingerprint density at radius 1 is 0.308 bits per heavy atom. The molecule has 2 saturated heterocycles. The topological polar surface area (TPSA) is 0 Å². The van der Waals surface area contributed by atoms with Crippen molar-refractivity contribution in [3.63, 3.8) is 0 Å². The Labute approximate surface area is 387 Å². The average Bonchev–Trinajstić information content (AvgIpc) is 3.81. The quantitative estimate of drug-likeness (QED) is 0.0983. The fourth-order valence-electron chi connectivity index (χ4n) is 7.57. The third-order valence-corrected chi connectivity index (χ3v) is 17.0. The van der Waals surface area contributed by atoms with Gasteiger partial charge in [0.1, 0.15) is 0 Å². The van der Waals surface area contributed by atoms with E-state index in [-0.39, 0.29) is 35.3 Å². The molecule has 0 spiro atoms. The first kappa shape index (κ1) is 60.5. The van der Waals surface area contributed by atoms with E-state index in [1.54, 1.807) is 22.3 Å². The second-order valence-electron chi connectivity index (χ2n) is 14.4. The van der Waals surface area contributed by atoms with Gasteiger partial charge < -0.3 is 69.1 Å². The van der Waals surface area contributed by atoms with Gasteiger partial charge in [-0.1, -0.05) is 137 Å². The molecule has 23 heteroatoms. The normalized spacial score (nSPS) is 20.4. The van der Waals surface area contributed by atoms with Crippen LogP contribution < -0.4 is 0 Å². The monoisotopic (exact) mass is 1070 g/mol. The van der Waals surface area contributed by atoms with Crippen molar-refractivity contribution in [2.45, 2.75) is 74.0 Å². The molecule has 4 atom stereocenters. The Hall–Kier alpha value is -2.50. The summed E-state index contributed by atoms with van der Waals surface area (Å²) in [6.45, 7) is 0. The van der Waals surface area contributed by atoms with E-state index in [9.17, 15) is 69.1 Å². The van der Waals surface area contributed by atoms with E-state index in [1.165, 1.54) is 63.7 Å². The molecule has 0 nitrogen and oxygen atoms in total. The molecule has 0 aromatic heterocycles. The van der Waals surface area contributed by atoms with Gasteiger partial charge in [-0.05, 0) is 112 Å². The van der Waals surface area contributed by atoms with Gasteiger partial charge in [-0.25, -0.2) is 0 Å². The molecule has 1 saturated carbocycles. The van der Waals surface area contributed by atoms with E-state index in [2.05, 4.69) is 147 Å². The Bertz CT molecular complexity index is 1490. The van der Waals surface area contributed by atoms with E-state index in [0.717, 1.165) is 22.6 Å². The predicted molar refractivity (Wildman–Crippen MR) is 235 cm³/mol. The summed E-state index contributed by atoms with van der Waals surface area (Å²) < 4.78 is 156. The second kappa shape index (κ2) is 30.8.